The maximum absolute atomic E-state index is 11.9. The van der Waals surface area contributed by atoms with E-state index < -0.39 is 0 Å². The van der Waals surface area contributed by atoms with Gasteiger partial charge >= 0.3 is 0 Å². The third-order valence-corrected chi connectivity index (χ3v) is 3.30. The van der Waals surface area contributed by atoms with E-state index in [1.807, 2.05) is 24.3 Å². The molecule has 0 bridgehead atoms. The van der Waals surface area contributed by atoms with Gasteiger partial charge in [0, 0.05) is 16.7 Å². The van der Waals surface area contributed by atoms with E-state index in [0.717, 1.165) is 23.0 Å². The van der Waals surface area contributed by atoms with Crippen molar-refractivity contribution in [2.75, 3.05) is 11.9 Å². The van der Waals surface area contributed by atoms with Crippen LogP contribution in [0.1, 0.15) is 12.8 Å². The van der Waals surface area contributed by atoms with E-state index >= 15 is 0 Å². The average Bonchev–Trinajstić information content (AvgIpc) is 2.81. The molecule has 0 unspecified atom stereocenters. The summed E-state index contributed by atoms with van der Waals surface area (Å²) in [6.07, 6.45) is 1.25. The van der Waals surface area contributed by atoms with Gasteiger partial charge in [0.25, 0.3) is 5.91 Å². The molecule has 0 radical (unpaired) electrons. The van der Waals surface area contributed by atoms with Gasteiger partial charge in [-0.05, 0) is 37.1 Å². The maximum Gasteiger partial charge on any atom is 0.253 e. The molecule has 0 spiro atoms. The highest BCUT2D eigenvalue weighted by Gasteiger charge is 2.29. The number of ether oxygens (including phenoxy) is 1. The summed E-state index contributed by atoms with van der Waals surface area (Å²) >= 11 is 3.34. The van der Waals surface area contributed by atoms with Gasteiger partial charge in [0.1, 0.15) is 6.10 Å². The van der Waals surface area contributed by atoms with Crippen molar-refractivity contribution in [2.45, 2.75) is 25.0 Å². The number of anilines is 1. The van der Waals surface area contributed by atoms with Crippen LogP contribution in [0.4, 0.5) is 5.69 Å². The molecule has 4 nitrogen and oxygen atoms in total. The SMILES string of the molecule is NC[C@H]1CC[C@@H](C(=O)Nc2ccc(Br)cc2)O1. The highest BCUT2D eigenvalue weighted by Crippen LogP contribution is 2.21. The van der Waals surface area contributed by atoms with E-state index in [0.29, 0.717) is 6.54 Å². The first-order valence-electron chi connectivity index (χ1n) is 5.61. The Bertz CT molecular complexity index is 394. The molecular weight excluding hydrogens is 284 g/mol. The zero-order valence-electron chi connectivity index (χ0n) is 9.36. The normalized spacial score (nSPS) is 23.6. The molecule has 17 heavy (non-hydrogen) atoms. The average molecular weight is 299 g/mol. The Kier molecular flexibility index (Phi) is 4.15. The number of nitrogens with two attached hydrogens (primary N) is 1. The minimum absolute atomic E-state index is 0.0238. The van der Waals surface area contributed by atoms with Crippen molar-refractivity contribution in [1.29, 1.82) is 0 Å². The fourth-order valence-corrected chi connectivity index (χ4v) is 2.09. The van der Waals surface area contributed by atoms with Crippen molar-refractivity contribution in [3.63, 3.8) is 0 Å². The number of hydrogen-bond acceptors (Lipinski definition) is 3. The smallest absolute Gasteiger partial charge is 0.253 e. The second kappa shape index (κ2) is 5.62. The molecule has 2 rings (SSSR count). The first-order valence-corrected chi connectivity index (χ1v) is 6.40. The first-order chi connectivity index (χ1) is 8.19. The Hall–Kier alpha value is -0.910. The zero-order valence-corrected chi connectivity index (χ0v) is 10.9. The zero-order chi connectivity index (χ0) is 12.3. The van der Waals surface area contributed by atoms with Gasteiger partial charge < -0.3 is 15.8 Å². The lowest BCUT2D eigenvalue weighted by atomic mass is 10.2. The van der Waals surface area contributed by atoms with Crippen molar-refractivity contribution in [3.8, 4) is 0 Å². The standard InChI is InChI=1S/C12H15BrN2O2/c13-8-1-3-9(4-2-8)15-12(16)11-6-5-10(7-14)17-11/h1-4,10-11H,5-7,14H2,(H,15,16)/t10-,11+/m1/s1. The number of carbonyl (C=O) groups is 1. The molecule has 1 amide bonds. The summed E-state index contributed by atoms with van der Waals surface area (Å²) in [5, 5.41) is 2.83. The van der Waals surface area contributed by atoms with Crippen LogP contribution in [0, 0.1) is 0 Å². The van der Waals surface area contributed by atoms with E-state index in [-0.39, 0.29) is 18.1 Å². The molecule has 1 aliphatic heterocycles. The minimum Gasteiger partial charge on any atom is -0.364 e. The van der Waals surface area contributed by atoms with Gasteiger partial charge in [0.05, 0.1) is 6.10 Å². The lowest BCUT2D eigenvalue weighted by Gasteiger charge is -2.12. The van der Waals surface area contributed by atoms with Crippen LogP contribution in [0.5, 0.6) is 0 Å². The molecule has 1 aliphatic rings. The van der Waals surface area contributed by atoms with Gasteiger partial charge in [-0.3, -0.25) is 4.79 Å². The second-order valence-electron chi connectivity index (χ2n) is 4.06. The molecule has 1 saturated heterocycles. The van der Waals surface area contributed by atoms with Gasteiger partial charge in [-0.1, -0.05) is 15.9 Å². The highest BCUT2D eigenvalue weighted by molar-refractivity contribution is 9.10. The number of amides is 1. The largest absolute Gasteiger partial charge is 0.364 e. The van der Waals surface area contributed by atoms with Gasteiger partial charge in [-0.15, -0.1) is 0 Å². The van der Waals surface area contributed by atoms with E-state index in [1.54, 1.807) is 0 Å². The van der Waals surface area contributed by atoms with Crippen LogP contribution in [0.3, 0.4) is 0 Å². The molecule has 3 N–H and O–H groups in total. The fourth-order valence-electron chi connectivity index (χ4n) is 1.83. The Morgan fingerprint density at radius 3 is 2.71 bits per heavy atom. The molecule has 1 heterocycles. The molecule has 1 aromatic rings. The number of nitrogens with one attached hydrogen (secondary N) is 1. The summed E-state index contributed by atoms with van der Waals surface area (Å²) in [5.41, 5.74) is 6.28. The molecule has 1 aromatic carbocycles. The van der Waals surface area contributed by atoms with Crippen molar-refractivity contribution < 1.29 is 9.53 Å². The molecular formula is C12H15BrN2O2. The summed E-state index contributed by atoms with van der Waals surface area (Å²) in [5.74, 6) is -0.0942. The topological polar surface area (TPSA) is 64.4 Å². The van der Waals surface area contributed by atoms with E-state index in [9.17, 15) is 4.79 Å². The quantitative estimate of drug-likeness (QED) is 0.896. The molecule has 0 aromatic heterocycles. The molecule has 5 heteroatoms. The van der Waals surface area contributed by atoms with Gasteiger partial charge in [-0.25, -0.2) is 0 Å². The first kappa shape index (κ1) is 12.5. The van der Waals surface area contributed by atoms with Crippen LogP contribution in [0.2, 0.25) is 0 Å². The molecule has 2 atom stereocenters. The highest BCUT2D eigenvalue weighted by atomic mass is 79.9. The van der Waals surface area contributed by atoms with Crippen LogP contribution in [0.15, 0.2) is 28.7 Å². The number of halogens is 1. The van der Waals surface area contributed by atoms with E-state index in [2.05, 4.69) is 21.2 Å². The maximum atomic E-state index is 11.9. The fraction of sp³-hybridized carbons (Fsp3) is 0.417. The molecule has 1 fully saturated rings. The number of carbonyl (C=O) groups excluding carboxylic acids is 1. The monoisotopic (exact) mass is 298 g/mol. The third kappa shape index (κ3) is 3.28. The number of benzene rings is 1. The Morgan fingerprint density at radius 2 is 2.12 bits per heavy atom. The van der Waals surface area contributed by atoms with Crippen LogP contribution < -0.4 is 11.1 Å². The third-order valence-electron chi connectivity index (χ3n) is 2.77. The second-order valence-corrected chi connectivity index (χ2v) is 4.97. The van der Waals surface area contributed by atoms with Crippen LogP contribution in [-0.4, -0.2) is 24.7 Å². The summed E-state index contributed by atoms with van der Waals surface area (Å²) in [4.78, 5) is 11.9. The molecule has 92 valence electrons. The summed E-state index contributed by atoms with van der Waals surface area (Å²) in [7, 11) is 0. The lowest BCUT2D eigenvalue weighted by molar-refractivity contribution is -0.126. The Labute approximate surface area is 109 Å². The number of hydrogen-bond donors (Lipinski definition) is 2. The van der Waals surface area contributed by atoms with Crippen molar-refractivity contribution in [1.82, 2.24) is 0 Å². The predicted octanol–water partition coefficient (Wildman–Crippen LogP) is 1.89. The predicted molar refractivity (Wildman–Crippen MR) is 69.7 cm³/mol. The summed E-state index contributed by atoms with van der Waals surface area (Å²) in [6.45, 7) is 0.474. The minimum atomic E-state index is -0.368. The van der Waals surface area contributed by atoms with E-state index in [4.69, 9.17) is 10.5 Å². The lowest BCUT2D eigenvalue weighted by Crippen LogP contribution is -2.29. The van der Waals surface area contributed by atoms with Gasteiger partial charge in [0.15, 0.2) is 0 Å². The molecule has 0 saturated carbocycles. The Balaban J connectivity index is 1.91. The number of rotatable bonds is 3. The van der Waals surface area contributed by atoms with Gasteiger partial charge in [0.2, 0.25) is 0 Å². The Morgan fingerprint density at radius 1 is 1.41 bits per heavy atom. The van der Waals surface area contributed by atoms with Crippen LogP contribution >= 0.6 is 15.9 Å². The van der Waals surface area contributed by atoms with Crippen molar-refractivity contribution in [2.24, 2.45) is 5.73 Å². The van der Waals surface area contributed by atoms with Crippen LogP contribution in [0.25, 0.3) is 0 Å². The van der Waals surface area contributed by atoms with Crippen LogP contribution in [-0.2, 0) is 9.53 Å². The summed E-state index contributed by atoms with van der Waals surface area (Å²) in [6, 6.07) is 7.45. The molecule has 0 aliphatic carbocycles. The van der Waals surface area contributed by atoms with E-state index in [1.165, 1.54) is 0 Å². The van der Waals surface area contributed by atoms with Crippen molar-refractivity contribution in [3.05, 3.63) is 28.7 Å². The van der Waals surface area contributed by atoms with Gasteiger partial charge in [-0.2, -0.15) is 0 Å². The van der Waals surface area contributed by atoms with Crippen molar-refractivity contribution >= 4 is 27.5 Å². The summed E-state index contributed by atoms with van der Waals surface area (Å²) < 4.78 is 6.50.